The zero-order valence-electron chi connectivity index (χ0n) is 9.63. The Morgan fingerprint density at radius 3 is 2.53 bits per heavy atom. The van der Waals surface area contributed by atoms with E-state index in [0.717, 1.165) is 0 Å². The largest absolute Gasteiger partial charge is 0.394 e. The van der Waals surface area contributed by atoms with Crippen LogP contribution in [0.1, 0.15) is 6.42 Å². The van der Waals surface area contributed by atoms with Gasteiger partial charge in [-0.05, 0) is 0 Å². The van der Waals surface area contributed by atoms with Crippen LogP contribution in [-0.4, -0.2) is 79.4 Å². The van der Waals surface area contributed by atoms with Gasteiger partial charge in [0.05, 0.1) is 12.7 Å². The molecule has 2 heterocycles. The molecule has 2 rings (SSSR count). The van der Waals surface area contributed by atoms with E-state index in [1.807, 2.05) is 0 Å². The molecule has 0 aromatic carbocycles. The maximum absolute atomic E-state index is 11.6. The van der Waals surface area contributed by atoms with E-state index in [4.69, 9.17) is 9.84 Å². The summed E-state index contributed by atoms with van der Waals surface area (Å²) in [4.78, 5) is 23.0. The second-order valence-electron chi connectivity index (χ2n) is 4.37. The number of aliphatic hydroxyl groups excluding tert-OH is 3. The highest BCUT2D eigenvalue weighted by atomic mass is 16.6. The molecule has 2 fully saturated rings. The number of amides is 3. The van der Waals surface area contributed by atoms with E-state index in [-0.39, 0.29) is 6.42 Å². The molecule has 6 N–H and O–H groups in total. The molecule has 0 bridgehead atoms. The first-order valence-electron chi connectivity index (χ1n) is 5.50. The van der Waals surface area contributed by atoms with Crippen molar-refractivity contribution in [1.82, 2.24) is 10.2 Å². The first-order chi connectivity index (χ1) is 8.78. The topological polar surface area (TPSA) is 160 Å². The van der Waals surface area contributed by atoms with Gasteiger partial charge in [-0.3, -0.25) is 10.1 Å². The van der Waals surface area contributed by atoms with Crippen LogP contribution in [0.2, 0.25) is 0 Å². The third-order valence-electron chi connectivity index (χ3n) is 3.09. The minimum atomic E-state index is -3.16. The van der Waals surface area contributed by atoms with E-state index < -0.39 is 49.0 Å². The highest BCUT2D eigenvalue weighted by Gasteiger charge is 2.56. The Balaban J connectivity index is 2.23. The zero-order chi connectivity index (χ0) is 14.4. The number of urea groups is 1. The molecule has 0 aliphatic carbocycles. The number of carbonyl (C=O) groups is 2. The fourth-order valence-corrected chi connectivity index (χ4v) is 2.07. The van der Waals surface area contributed by atoms with Gasteiger partial charge in [-0.2, -0.15) is 0 Å². The van der Waals surface area contributed by atoms with Gasteiger partial charge in [0.15, 0.2) is 0 Å². The van der Waals surface area contributed by atoms with Gasteiger partial charge in [-0.15, -0.1) is 0 Å². The normalized spacial score (nSPS) is 38.5. The van der Waals surface area contributed by atoms with E-state index in [2.05, 4.69) is 0 Å². The lowest BCUT2D eigenvalue weighted by Gasteiger charge is -2.43. The van der Waals surface area contributed by atoms with Crippen molar-refractivity contribution >= 4 is 11.9 Å². The predicted octanol–water partition coefficient (Wildman–Crippen LogP) is -3.99. The molecular weight excluding hydrogens is 264 g/mol. The van der Waals surface area contributed by atoms with Crippen LogP contribution in [0.15, 0.2) is 0 Å². The summed E-state index contributed by atoms with van der Waals surface area (Å²) >= 11 is 0. The molecular formula is C9H14N2O8. The van der Waals surface area contributed by atoms with Crippen LogP contribution in [0, 0.1) is 0 Å². The van der Waals surface area contributed by atoms with Crippen molar-refractivity contribution in [2.45, 2.75) is 36.9 Å². The SMILES string of the molecule is O=C1NC(=O)N([C@H]2C[C@H](O)[C@@H](CO)O2)C(O)(O)C1O. The highest BCUT2D eigenvalue weighted by molar-refractivity contribution is 5.99. The second kappa shape index (κ2) is 4.67. The molecule has 10 nitrogen and oxygen atoms in total. The Bertz CT molecular complexity index is 400. The van der Waals surface area contributed by atoms with Gasteiger partial charge in [0.25, 0.3) is 11.8 Å². The Labute approximate surface area is 106 Å². The molecule has 3 amide bonds. The Hall–Kier alpha value is -1.30. The van der Waals surface area contributed by atoms with Crippen molar-refractivity contribution in [2.75, 3.05) is 6.61 Å². The molecule has 2 saturated heterocycles. The van der Waals surface area contributed by atoms with Crippen LogP contribution >= 0.6 is 0 Å². The van der Waals surface area contributed by atoms with Gasteiger partial charge in [-0.1, -0.05) is 0 Å². The Morgan fingerprint density at radius 2 is 2.00 bits per heavy atom. The van der Waals surface area contributed by atoms with Crippen molar-refractivity contribution in [3.05, 3.63) is 0 Å². The van der Waals surface area contributed by atoms with Crippen LogP contribution < -0.4 is 5.32 Å². The number of rotatable bonds is 2. The van der Waals surface area contributed by atoms with E-state index in [0.29, 0.717) is 4.90 Å². The van der Waals surface area contributed by atoms with Gasteiger partial charge < -0.3 is 30.3 Å². The number of aliphatic hydroxyl groups is 5. The fourth-order valence-electron chi connectivity index (χ4n) is 2.07. The molecule has 0 aromatic heterocycles. The molecule has 0 spiro atoms. The monoisotopic (exact) mass is 278 g/mol. The summed E-state index contributed by atoms with van der Waals surface area (Å²) in [6.45, 7) is -0.529. The van der Waals surface area contributed by atoms with Gasteiger partial charge in [0.1, 0.15) is 12.3 Å². The Morgan fingerprint density at radius 1 is 1.37 bits per heavy atom. The lowest BCUT2D eigenvalue weighted by atomic mass is 10.1. The number of nitrogens with one attached hydrogen (secondary N) is 1. The van der Waals surface area contributed by atoms with Crippen LogP contribution in [-0.2, 0) is 9.53 Å². The molecule has 0 radical (unpaired) electrons. The smallest absolute Gasteiger partial charge is 0.330 e. The minimum Gasteiger partial charge on any atom is -0.394 e. The summed E-state index contributed by atoms with van der Waals surface area (Å²) in [5.41, 5.74) is 0. The lowest BCUT2D eigenvalue weighted by Crippen LogP contribution is -2.73. The molecule has 0 aromatic rings. The molecule has 1 unspecified atom stereocenters. The van der Waals surface area contributed by atoms with Gasteiger partial charge in [0.2, 0.25) is 6.10 Å². The molecule has 108 valence electrons. The highest BCUT2D eigenvalue weighted by Crippen LogP contribution is 2.30. The van der Waals surface area contributed by atoms with Gasteiger partial charge >= 0.3 is 6.03 Å². The van der Waals surface area contributed by atoms with Gasteiger partial charge in [0, 0.05) is 6.42 Å². The van der Waals surface area contributed by atoms with Crippen LogP contribution in [0.4, 0.5) is 4.79 Å². The Kier molecular flexibility index (Phi) is 3.47. The third kappa shape index (κ3) is 2.18. The van der Waals surface area contributed by atoms with Gasteiger partial charge in [-0.25, -0.2) is 9.69 Å². The maximum atomic E-state index is 11.6. The van der Waals surface area contributed by atoms with Crippen molar-refractivity contribution in [3.63, 3.8) is 0 Å². The minimum absolute atomic E-state index is 0.206. The number of hydrogen-bond donors (Lipinski definition) is 6. The quantitative estimate of drug-likeness (QED) is 0.279. The maximum Gasteiger partial charge on any atom is 0.330 e. The summed E-state index contributed by atoms with van der Waals surface area (Å²) in [6.07, 6.45) is -5.90. The van der Waals surface area contributed by atoms with E-state index in [1.54, 1.807) is 5.32 Å². The van der Waals surface area contributed by atoms with Crippen LogP contribution in [0.3, 0.4) is 0 Å². The van der Waals surface area contributed by atoms with Crippen molar-refractivity contribution in [3.8, 4) is 0 Å². The zero-order valence-corrected chi connectivity index (χ0v) is 9.63. The number of carbonyl (C=O) groups excluding carboxylic acids is 2. The summed E-state index contributed by atoms with van der Waals surface area (Å²) in [5, 5.41) is 48.9. The van der Waals surface area contributed by atoms with Crippen LogP contribution in [0.25, 0.3) is 0 Å². The first kappa shape index (κ1) is 14.1. The first-order valence-corrected chi connectivity index (χ1v) is 5.50. The third-order valence-corrected chi connectivity index (χ3v) is 3.09. The van der Waals surface area contributed by atoms with E-state index in [9.17, 15) is 30.0 Å². The fraction of sp³-hybridized carbons (Fsp3) is 0.778. The van der Waals surface area contributed by atoms with E-state index >= 15 is 0 Å². The van der Waals surface area contributed by atoms with E-state index in [1.165, 1.54) is 0 Å². The summed E-state index contributed by atoms with van der Waals surface area (Å²) < 4.78 is 5.07. The molecule has 19 heavy (non-hydrogen) atoms. The summed E-state index contributed by atoms with van der Waals surface area (Å²) in [7, 11) is 0. The summed E-state index contributed by atoms with van der Waals surface area (Å²) in [6, 6.07) is -1.18. The average Bonchev–Trinajstić information content (AvgIpc) is 2.67. The second-order valence-corrected chi connectivity index (χ2v) is 4.37. The molecule has 0 saturated carbocycles. The molecule has 10 heteroatoms. The summed E-state index contributed by atoms with van der Waals surface area (Å²) in [5.74, 6) is -4.42. The number of ether oxygens (including phenoxy) is 1. The average molecular weight is 278 g/mol. The predicted molar refractivity (Wildman–Crippen MR) is 54.9 cm³/mol. The lowest BCUT2D eigenvalue weighted by molar-refractivity contribution is -0.319. The number of hydrogen-bond acceptors (Lipinski definition) is 8. The van der Waals surface area contributed by atoms with Crippen molar-refractivity contribution in [1.29, 1.82) is 0 Å². The molecule has 2 aliphatic heterocycles. The number of nitrogens with zero attached hydrogens (tertiary/aromatic N) is 1. The number of imide groups is 1. The molecule has 2 aliphatic rings. The van der Waals surface area contributed by atoms with Crippen molar-refractivity contribution < 1.29 is 39.9 Å². The van der Waals surface area contributed by atoms with Crippen molar-refractivity contribution in [2.24, 2.45) is 0 Å². The standard InChI is InChI=1S/C9H14N2O8/c12-2-4-3(13)1-5(19-4)11-8(16)10-7(15)6(14)9(11,17)18/h3-6,12-14,17-18H,1-2H2,(H,10,15,16)/t3-,4+,5+,6?/m0/s1. The van der Waals surface area contributed by atoms with Crippen LogP contribution in [0.5, 0.6) is 0 Å². The molecule has 4 atom stereocenters.